The van der Waals surface area contributed by atoms with E-state index >= 15 is 0 Å². The summed E-state index contributed by atoms with van der Waals surface area (Å²) in [5.74, 6) is 3.41. The Bertz CT molecular complexity index is 216. The van der Waals surface area contributed by atoms with Crippen molar-refractivity contribution < 1.29 is 4.79 Å². The SMILES string of the molecule is C#CCCCNCC(=O)NCC1CC1. The first kappa shape index (κ1) is 11.1. The van der Waals surface area contributed by atoms with Gasteiger partial charge >= 0.3 is 0 Å². The third-order valence-corrected chi connectivity index (χ3v) is 2.25. The fraction of sp³-hybridized carbons (Fsp3) is 0.727. The minimum Gasteiger partial charge on any atom is -0.355 e. The van der Waals surface area contributed by atoms with Crippen LogP contribution in [0.3, 0.4) is 0 Å². The number of carbonyl (C=O) groups is 1. The molecule has 14 heavy (non-hydrogen) atoms. The van der Waals surface area contributed by atoms with E-state index in [-0.39, 0.29) is 5.91 Å². The summed E-state index contributed by atoms with van der Waals surface area (Å²) in [5, 5.41) is 5.95. The Morgan fingerprint density at radius 2 is 2.29 bits per heavy atom. The molecule has 1 aliphatic carbocycles. The second-order valence-corrected chi connectivity index (χ2v) is 3.73. The third kappa shape index (κ3) is 5.60. The summed E-state index contributed by atoms with van der Waals surface area (Å²) in [6.07, 6.45) is 9.36. The number of hydrogen-bond acceptors (Lipinski definition) is 2. The Labute approximate surface area is 85.6 Å². The zero-order chi connectivity index (χ0) is 10.2. The van der Waals surface area contributed by atoms with Crippen LogP contribution in [0.5, 0.6) is 0 Å². The standard InChI is InChI=1S/C11H18N2O/c1-2-3-4-7-12-9-11(14)13-8-10-5-6-10/h1,10,12H,3-9H2,(H,13,14). The van der Waals surface area contributed by atoms with Gasteiger partial charge in [-0.2, -0.15) is 0 Å². The summed E-state index contributed by atoms with van der Waals surface area (Å²) < 4.78 is 0. The molecular weight excluding hydrogens is 176 g/mol. The molecule has 3 nitrogen and oxygen atoms in total. The van der Waals surface area contributed by atoms with Crippen molar-refractivity contribution in [2.75, 3.05) is 19.6 Å². The van der Waals surface area contributed by atoms with Crippen LogP contribution in [0.1, 0.15) is 25.7 Å². The molecule has 2 N–H and O–H groups in total. The van der Waals surface area contributed by atoms with E-state index in [1.807, 2.05) is 0 Å². The molecule has 0 aliphatic heterocycles. The maximum Gasteiger partial charge on any atom is 0.233 e. The first-order valence-electron chi connectivity index (χ1n) is 5.24. The van der Waals surface area contributed by atoms with Crippen molar-refractivity contribution in [1.82, 2.24) is 10.6 Å². The number of terminal acetylenes is 1. The highest BCUT2D eigenvalue weighted by molar-refractivity contribution is 5.77. The summed E-state index contributed by atoms with van der Waals surface area (Å²) in [5.41, 5.74) is 0. The molecule has 1 rings (SSSR count). The van der Waals surface area contributed by atoms with Crippen molar-refractivity contribution in [3.05, 3.63) is 0 Å². The fourth-order valence-electron chi connectivity index (χ4n) is 1.16. The molecule has 0 aromatic carbocycles. The van der Waals surface area contributed by atoms with E-state index in [1.54, 1.807) is 0 Å². The lowest BCUT2D eigenvalue weighted by Crippen LogP contribution is -2.35. The quantitative estimate of drug-likeness (QED) is 0.458. The Morgan fingerprint density at radius 3 is 2.93 bits per heavy atom. The van der Waals surface area contributed by atoms with Gasteiger partial charge < -0.3 is 10.6 Å². The summed E-state index contributed by atoms with van der Waals surface area (Å²) in [6.45, 7) is 2.09. The van der Waals surface area contributed by atoms with E-state index in [1.165, 1.54) is 12.8 Å². The van der Waals surface area contributed by atoms with E-state index in [9.17, 15) is 4.79 Å². The van der Waals surface area contributed by atoms with Crippen molar-refractivity contribution in [3.8, 4) is 12.3 Å². The normalized spacial score (nSPS) is 14.8. The lowest BCUT2D eigenvalue weighted by atomic mass is 10.3. The maximum atomic E-state index is 11.2. The molecule has 0 spiro atoms. The Balaban J connectivity index is 1.84. The lowest BCUT2D eigenvalue weighted by Gasteiger charge is -2.04. The molecule has 0 aromatic rings. The molecule has 1 saturated carbocycles. The van der Waals surface area contributed by atoms with Gasteiger partial charge in [0.05, 0.1) is 6.54 Å². The smallest absolute Gasteiger partial charge is 0.233 e. The van der Waals surface area contributed by atoms with Crippen molar-refractivity contribution in [1.29, 1.82) is 0 Å². The number of rotatable bonds is 7. The molecule has 0 heterocycles. The average molecular weight is 194 g/mol. The Hall–Kier alpha value is -1.01. The van der Waals surface area contributed by atoms with Gasteiger partial charge in [0.2, 0.25) is 5.91 Å². The summed E-state index contributed by atoms with van der Waals surface area (Å²) in [4.78, 5) is 11.2. The second-order valence-electron chi connectivity index (χ2n) is 3.73. The number of carbonyl (C=O) groups excluding carboxylic acids is 1. The van der Waals surface area contributed by atoms with Gasteiger partial charge in [0.1, 0.15) is 0 Å². The first-order chi connectivity index (χ1) is 6.83. The van der Waals surface area contributed by atoms with Gasteiger partial charge in [-0.15, -0.1) is 12.3 Å². The molecule has 0 aromatic heterocycles. The molecule has 0 radical (unpaired) electrons. The van der Waals surface area contributed by atoms with Gasteiger partial charge in [-0.05, 0) is 31.7 Å². The van der Waals surface area contributed by atoms with Gasteiger partial charge in [-0.25, -0.2) is 0 Å². The van der Waals surface area contributed by atoms with Crippen LogP contribution in [0.2, 0.25) is 0 Å². The summed E-state index contributed by atoms with van der Waals surface area (Å²) >= 11 is 0. The predicted molar refractivity (Wildman–Crippen MR) is 56.7 cm³/mol. The maximum absolute atomic E-state index is 11.2. The molecule has 1 amide bonds. The number of hydrogen-bond donors (Lipinski definition) is 2. The van der Waals surface area contributed by atoms with E-state index in [0.717, 1.165) is 31.8 Å². The number of amides is 1. The number of nitrogens with one attached hydrogen (secondary N) is 2. The van der Waals surface area contributed by atoms with Gasteiger partial charge in [0, 0.05) is 13.0 Å². The highest BCUT2D eigenvalue weighted by Crippen LogP contribution is 2.27. The molecule has 0 atom stereocenters. The van der Waals surface area contributed by atoms with Gasteiger partial charge in [0.15, 0.2) is 0 Å². The van der Waals surface area contributed by atoms with Crippen LogP contribution < -0.4 is 10.6 Å². The van der Waals surface area contributed by atoms with Crippen molar-refractivity contribution in [2.24, 2.45) is 5.92 Å². The molecular formula is C11H18N2O. The minimum atomic E-state index is 0.0950. The minimum absolute atomic E-state index is 0.0950. The zero-order valence-corrected chi connectivity index (χ0v) is 8.51. The van der Waals surface area contributed by atoms with Crippen molar-refractivity contribution in [3.63, 3.8) is 0 Å². The number of unbranched alkanes of at least 4 members (excludes halogenated alkanes) is 1. The average Bonchev–Trinajstić information content (AvgIpc) is 2.98. The van der Waals surface area contributed by atoms with E-state index in [0.29, 0.717) is 6.54 Å². The molecule has 78 valence electrons. The molecule has 1 aliphatic rings. The second kappa shape index (κ2) is 6.44. The molecule has 3 heteroatoms. The Kier molecular flexibility index (Phi) is 5.09. The Morgan fingerprint density at radius 1 is 1.50 bits per heavy atom. The lowest BCUT2D eigenvalue weighted by molar-refractivity contribution is -0.120. The summed E-state index contributed by atoms with van der Waals surface area (Å²) in [7, 11) is 0. The van der Waals surface area contributed by atoms with E-state index < -0.39 is 0 Å². The monoisotopic (exact) mass is 194 g/mol. The van der Waals surface area contributed by atoms with Gasteiger partial charge in [-0.3, -0.25) is 4.79 Å². The van der Waals surface area contributed by atoms with Gasteiger partial charge in [0.25, 0.3) is 0 Å². The zero-order valence-electron chi connectivity index (χ0n) is 8.51. The molecule has 0 unspecified atom stereocenters. The predicted octanol–water partition coefficient (Wildman–Crippen LogP) is 0.516. The third-order valence-electron chi connectivity index (χ3n) is 2.25. The van der Waals surface area contributed by atoms with E-state index in [4.69, 9.17) is 6.42 Å². The van der Waals surface area contributed by atoms with Crippen LogP contribution in [0.4, 0.5) is 0 Å². The molecule has 0 bridgehead atoms. The first-order valence-corrected chi connectivity index (χ1v) is 5.24. The van der Waals surface area contributed by atoms with Crippen molar-refractivity contribution >= 4 is 5.91 Å². The fourth-order valence-corrected chi connectivity index (χ4v) is 1.16. The van der Waals surface area contributed by atoms with Crippen LogP contribution in [0.15, 0.2) is 0 Å². The largest absolute Gasteiger partial charge is 0.355 e. The molecule has 0 saturated heterocycles. The summed E-state index contributed by atoms with van der Waals surface area (Å²) in [6, 6.07) is 0. The highest BCUT2D eigenvalue weighted by Gasteiger charge is 2.21. The van der Waals surface area contributed by atoms with Crippen LogP contribution in [-0.2, 0) is 4.79 Å². The highest BCUT2D eigenvalue weighted by atomic mass is 16.1. The topological polar surface area (TPSA) is 41.1 Å². The van der Waals surface area contributed by atoms with Crippen LogP contribution in [0, 0.1) is 18.3 Å². The van der Waals surface area contributed by atoms with Crippen LogP contribution in [0.25, 0.3) is 0 Å². The van der Waals surface area contributed by atoms with E-state index in [2.05, 4.69) is 16.6 Å². The van der Waals surface area contributed by atoms with Crippen LogP contribution >= 0.6 is 0 Å². The van der Waals surface area contributed by atoms with Crippen molar-refractivity contribution in [2.45, 2.75) is 25.7 Å². The van der Waals surface area contributed by atoms with Gasteiger partial charge in [-0.1, -0.05) is 0 Å². The van der Waals surface area contributed by atoms with Crippen LogP contribution in [-0.4, -0.2) is 25.5 Å². The molecule has 1 fully saturated rings.